The molecule has 4 heterocycles. The highest BCUT2D eigenvalue weighted by atomic mass is 32.2. The average molecular weight is 1270 g/mol. The van der Waals surface area contributed by atoms with E-state index in [2.05, 4.69) is 384 Å². The average Bonchev–Trinajstić information content (AvgIpc) is 0.695. The number of para-hydroxylation sites is 7. The van der Waals surface area contributed by atoms with Crippen molar-refractivity contribution in [1.82, 2.24) is 0 Å². The zero-order valence-corrected chi connectivity index (χ0v) is 54.2. The van der Waals surface area contributed by atoms with Crippen LogP contribution in [0.15, 0.2) is 374 Å². The molecule has 19 rings (SSSR count). The van der Waals surface area contributed by atoms with Crippen LogP contribution in [0.3, 0.4) is 0 Å². The predicted octanol–water partition coefficient (Wildman–Crippen LogP) is 25.8. The fourth-order valence-electron chi connectivity index (χ4n) is 15.7. The minimum atomic E-state index is -0.207. The number of ether oxygens (including phenoxy) is 1. The molecule has 5 nitrogen and oxygen atoms in total. The molecule has 6 heteroatoms. The third-order valence-electron chi connectivity index (χ3n) is 19.9. The number of fused-ring (bicyclic) bond motifs is 8. The third-order valence-corrected chi connectivity index (χ3v) is 21.0. The second-order valence-electron chi connectivity index (χ2n) is 25.4. The SMILES string of the molecule is c1ccc(-c2ccc(N(c3cc4c5c(c3)N(c3ccccc3)c3ccccc3C5c3cc5c(cc3S4)N(c3c(-c4ccccc4)cccc3-c3ccccc3)c3cc(N(c4ccccc4)c4ccccc4)cc4c3C5c3ccccc3O4)c3ccccc3-c3ccccc3)cc2)cc1. The van der Waals surface area contributed by atoms with Crippen molar-refractivity contribution in [2.24, 2.45) is 0 Å². The van der Waals surface area contributed by atoms with Crippen LogP contribution in [-0.2, 0) is 0 Å². The van der Waals surface area contributed by atoms with Gasteiger partial charge in [-0.25, -0.2) is 0 Å². The molecule has 0 radical (unpaired) electrons. The summed E-state index contributed by atoms with van der Waals surface area (Å²) < 4.78 is 7.43. The molecule has 2 atom stereocenters. The molecule has 0 N–H and O–H groups in total. The summed E-state index contributed by atoms with van der Waals surface area (Å²) in [5.74, 6) is 1.33. The molecular formula is C92H62N4OS. The topological polar surface area (TPSA) is 22.2 Å². The summed E-state index contributed by atoms with van der Waals surface area (Å²) in [4.78, 5) is 12.4. The highest BCUT2D eigenvalue weighted by Gasteiger charge is 2.45. The van der Waals surface area contributed by atoms with E-state index in [4.69, 9.17) is 4.74 Å². The van der Waals surface area contributed by atoms with Gasteiger partial charge in [0.15, 0.2) is 0 Å². The Kier molecular flexibility index (Phi) is 13.9. The molecule has 0 aliphatic carbocycles. The molecular weight excluding hydrogens is 1210 g/mol. The molecule has 15 aromatic rings. The molecule has 0 saturated carbocycles. The summed E-state index contributed by atoms with van der Waals surface area (Å²) in [6, 6.07) is 134. The van der Waals surface area contributed by atoms with Crippen molar-refractivity contribution in [3.05, 3.63) is 397 Å². The van der Waals surface area contributed by atoms with Crippen LogP contribution < -0.4 is 24.3 Å². The van der Waals surface area contributed by atoms with Gasteiger partial charge < -0.3 is 24.3 Å². The molecule has 462 valence electrons. The lowest BCUT2D eigenvalue weighted by atomic mass is 9.74. The number of nitrogens with zero attached hydrogens (tertiary/aromatic N) is 4. The van der Waals surface area contributed by atoms with Crippen LogP contribution in [0.25, 0.3) is 44.5 Å². The van der Waals surface area contributed by atoms with Crippen molar-refractivity contribution in [2.75, 3.05) is 19.6 Å². The van der Waals surface area contributed by atoms with E-state index >= 15 is 0 Å². The van der Waals surface area contributed by atoms with Crippen LogP contribution in [0.1, 0.15) is 45.2 Å². The lowest BCUT2D eigenvalue weighted by molar-refractivity contribution is 0.452. The van der Waals surface area contributed by atoms with Gasteiger partial charge >= 0.3 is 0 Å². The molecule has 0 amide bonds. The van der Waals surface area contributed by atoms with E-state index in [1.807, 2.05) is 11.8 Å². The van der Waals surface area contributed by atoms with Crippen LogP contribution in [0.2, 0.25) is 0 Å². The van der Waals surface area contributed by atoms with Gasteiger partial charge in [-0.3, -0.25) is 0 Å². The van der Waals surface area contributed by atoms with Crippen LogP contribution in [0, 0.1) is 0 Å². The van der Waals surface area contributed by atoms with Gasteiger partial charge in [-0.2, -0.15) is 0 Å². The number of rotatable bonds is 12. The standard InChI is InChI=1S/C92H62N4OS/c1-8-29-61(30-9-1)62-51-53-69(54-52-62)94(79-48-25-22-43-72(79)63-31-10-2-11-32-63)71-56-83-91-87(58-71)98-86-60-81-77(59-78(86)88(91)75-44-23-26-49-80(75)95(83)68-41-20-7-21-42-68)89-76-45-24-27-50-84(76)97-85-57-70(93(66-37-16-5-17-38-66)67-39-18-6-19-40-67)55-82(90(85)89)96(81)92-73(64-33-12-3-13-34-64)46-28-47-74(92)65-35-14-4-15-36-65/h1-60,88-89H. The van der Waals surface area contributed by atoms with Gasteiger partial charge in [0.2, 0.25) is 0 Å². The number of hydrogen-bond donors (Lipinski definition) is 0. The monoisotopic (exact) mass is 1270 g/mol. The molecule has 15 aromatic carbocycles. The Morgan fingerprint density at radius 3 is 1.39 bits per heavy atom. The van der Waals surface area contributed by atoms with Crippen LogP contribution in [-0.4, -0.2) is 0 Å². The zero-order chi connectivity index (χ0) is 64.6. The van der Waals surface area contributed by atoms with Crippen molar-refractivity contribution < 1.29 is 4.74 Å². The smallest absolute Gasteiger partial charge is 0.135 e. The molecule has 0 bridgehead atoms. The fraction of sp³-hybridized carbons (Fsp3) is 0.0217. The van der Waals surface area contributed by atoms with Crippen molar-refractivity contribution >= 4 is 80.0 Å². The lowest BCUT2D eigenvalue weighted by Gasteiger charge is -2.45. The molecule has 98 heavy (non-hydrogen) atoms. The third kappa shape index (κ3) is 9.55. The van der Waals surface area contributed by atoms with E-state index in [0.29, 0.717) is 0 Å². The maximum Gasteiger partial charge on any atom is 0.135 e. The van der Waals surface area contributed by atoms with E-state index in [1.54, 1.807) is 0 Å². The van der Waals surface area contributed by atoms with Gasteiger partial charge in [0.25, 0.3) is 0 Å². The van der Waals surface area contributed by atoms with E-state index in [1.165, 1.54) is 37.6 Å². The first-order valence-electron chi connectivity index (χ1n) is 33.6. The summed E-state index contributed by atoms with van der Waals surface area (Å²) in [7, 11) is 0. The molecule has 4 aliphatic rings. The summed E-state index contributed by atoms with van der Waals surface area (Å²) in [5, 5.41) is 0. The highest BCUT2D eigenvalue weighted by Crippen LogP contribution is 2.66. The van der Waals surface area contributed by atoms with Crippen molar-refractivity contribution in [2.45, 2.75) is 21.6 Å². The van der Waals surface area contributed by atoms with Crippen molar-refractivity contribution in [1.29, 1.82) is 0 Å². The van der Waals surface area contributed by atoms with Gasteiger partial charge in [0.1, 0.15) is 11.5 Å². The highest BCUT2D eigenvalue weighted by molar-refractivity contribution is 7.99. The first-order chi connectivity index (χ1) is 48.6. The molecule has 0 fully saturated rings. The summed E-state index contributed by atoms with van der Waals surface area (Å²) in [5.41, 5.74) is 29.4. The van der Waals surface area contributed by atoms with Crippen molar-refractivity contribution in [3.8, 4) is 56.0 Å². The van der Waals surface area contributed by atoms with Gasteiger partial charge in [-0.15, -0.1) is 0 Å². The van der Waals surface area contributed by atoms with Gasteiger partial charge in [0, 0.05) is 89.5 Å². The summed E-state index contributed by atoms with van der Waals surface area (Å²) >= 11 is 1.90. The maximum absolute atomic E-state index is 7.43. The van der Waals surface area contributed by atoms with E-state index < -0.39 is 0 Å². The molecule has 0 saturated heterocycles. The first-order valence-corrected chi connectivity index (χ1v) is 34.4. The Balaban J connectivity index is 0.901. The van der Waals surface area contributed by atoms with Crippen LogP contribution in [0.4, 0.5) is 68.2 Å². The largest absolute Gasteiger partial charge is 0.457 e. The molecule has 0 aromatic heterocycles. The van der Waals surface area contributed by atoms with E-state index in [-0.39, 0.29) is 11.8 Å². The number of anilines is 12. The maximum atomic E-state index is 7.43. The Morgan fingerprint density at radius 2 is 0.745 bits per heavy atom. The molecule has 2 unspecified atom stereocenters. The lowest BCUT2D eigenvalue weighted by Crippen LogP contribution is -2.28. The Morgan fingerprint density at radius 1 is 0.265 bits per heavy atom. The second-order valence-corrected chi connectivity index (χ2v) is 26.5. The first kappa shape index (κ1) is 57.1. The summed E-state index contributed by atoms with van der Waals surface area (Å²) in [6.07, 6.45) is 0. The van der Waals surface area contributed by atoms with Crippen LogP contribution in [0.5, 0.6) is 11.5 Å². The minimum Gasteiger partial charge on any atom is -0.457 e. The molecule has 0 spiro atoms. The van der Waals surface area contributed by atoms with Gasteiger partial charge in [-0.05, 0) is 136 Å². The van der Waals surface area contributed by atoms with E-state index in [0.717, 1.165) is 130 Å². The quantitative estimate of drug-likeness (QED) is 0.121. The van der Waals surface area contributed by atoms with Crippen LogP contribution >= 0.6 is 11.8 Å². The minimum absolute atomic E-state index is 0.143. The predicted molar refractivity (Wildman–Crippen MR) is 406 cm³/mol. The number of hydrogen-bond acceptors (Lipinski definition) is 6. The Hall–Kier alpha value is -12.4. The fourth-order valence-corrected chi connectivity index (χ4v) is 16.9. The number of benzene rings is 15. The Labute approximate surface area is 575 Å². The molecule has 4 aliphatic heterocycles. The normalized spacial score (nSPS) is 14.1. The zero-order valence-electron chi connectivity index (χ0n) is 53.4. The van der Waals surface area contributed by atoms with Gasteiger partial charge in [-0.1, -0.05) is 279 Å². The Bertz CT molecular complexity index is 5430. The second kappa shape index (κ2) is 23.8. The van der Waals surface area contributed by atoms with Crippen molar-refractivity contribution in [3.63, 3.8) is 0 Å². The van der Waals surface area contributed by atoms with E-state index in [9.17, 15) is 0 Å². The summed E-state index contributed by atoms with van der Waals surface area (Å²) in [6.45, 7) is 0. The van der Waals surface area contributed by atoms with Gasteiger partial charge in [0.05, 0.1) is 39.8 Å².